The summed E-state index contributed by atoms with van der Waals surface area (Å²) in [6.07, 6.45) is 1.96. The molecule has 0 unspecified atom stereocenters. The Kier molecular flexibility index (Phi) is 5.97. The number of thiazole rings is 1. The molecular weight excluding hydrogens is 440 g/mol. The van der Waals surface area contributed by atoms with E-state index in [2.05, 4.69) is 29.2 Å². The second-order valence-corrected chi connectivity index (χ2v) is 9.06. The molecule has 1 aliphatic rings. The van der Waals surface area contributed by atoms with E-state index in [1.165, 1.54) is 5.69 Å². The average Bonchev–Trinajstić information content (AvgIpc) is 3.50. The molecule has 5 rings (SSSR count). The second kappa shape index (κ2) is 9.18. The van der Waals surface area contributed by atoms with Crippen molar-refractivity contribution in [1.29, 1.82) is 0 Å². The Balaban J connectivity index is 1.25. The first-order valence-corrected chi connectivity index (χ1v) is 11.9. The predicted molar refractivity (Wildman–Crippen MR) is 131 cm³/mol. The average molecular weight is 463 g/mol. The molecule has 32 heavy (non-hydrogen) atoms. The predicted octanol–water partition coefficient (Wildman–Crippen LogP) is 5.28. The molecule has 162 valence electrons. The Labute approximate surface area is 196 Å². The Morgan fingerprint density at radius 1 is 0.938 bits per heavy atom. The van der Waals surface area contributed by atoms with Gasteiger partial charge in [0.1, 0.15) is 11.6 Å². The largest absolute Gasteiger partial charge is 0.368 e. The van der Waals surface area contributed by atoms with Gasteiger partial charge in [-0.15, -0.1) is 11.3 Å². The summed E-state index contributed by atoms with van der Waals surface area (Å²) < 4.78 is 2.00. The van der Waals surface area contributed by atoms with Gasteiger partial charge in [-0.05, 0) is 36.4 Å². The lowest BCUT2D eigenvalue weighted by Crippen LogP contribution is -2.49. The van der Waals surface area contributed by atoms with Gasteiger partial charge in [0, 0.05) is 54.0 Å². The number of amides is 1. The first kappa shape index (κ1) is 20.8. The molecule has 0 bridgehead atoms. The van der Waals surface area contributed by atoms with Crippen molar-refractivity contribution in [1.82, 2.24) is 14.5 Å². The summed E-state index contributed by atoms with van der Waals surface area (Å²) in [5.74, 6) is 0.143. The summed E-state index contributed by atoms with van der Waals surface area (Å²) in [6.45, 7) is 3.50. The van der Waals surface area contributed by atoms with Crippen molar-refractivity contribution in [2.45, 2.75) is 6.54 Å². The van der Waals surface area contributed by atoms with Crippen molar-refractivity contribution in [2.24, 2.45) is 0 Å². The van der Waals surface area contributed by atoms with E-state index in [0.717, 1.165) is 48.1 Å². The lowest BCUT2D eigenvalue weighted by molar-refractivity contribution is -0.132. The van der Waals surface area contributed by atoms with E-state index in [-0.39, 0.29) is 5.91 Å². The third kappa shape index (κ3) is 4.42. The summed E-state index contributed by atoms with van der Waals surface area (Å²) in [6, 6.07) is 22.0. The smallest absolute Gasteiger partial charge is 0.242 e. The number of aromatic nitrogens is 2. The molecule has 0 aliphatic carbocycles. The van der Waals surface area contributed by atoms with Crippen LogP contribution in [0.5, 0.6) is 0 Å². The lowest BCUT2D eigenvalue weighted by Gasteiger charge is -2.36. The van der Waals surface area contributed by atoms with E-state index in [0.29, 0.717) is 11.6 Å². The SMILES string of the molecule is O=C(Cn1cccc1-c1nc(-c2ccc(Cl)cc2)cs1)N1CCN(c2ccccc2)CC1. The van der Waals surface area contributed by atoms with Gasteiger partial charge < -0.3 is 14.4 Å². The highest BCUT2D eigenvalue weighted by molar-refractivity contribution is 7.13. The Bertz CT molecular complexity index is 1190. The minimum absolute atomic E-state index is 0.143. The molecule has 4 aromatic rings. The number of anilines is 1. The van der Waals surface area contributed by atoms with Crippen LogP contribution in [0.3, 0.4) is 0 Å². The summed E-state index contributed by atoms with van der Waals surface area (Å²) in [7, 11) is 0. The number of halogens is 1. The number of hydrogen-bond donors (Lipinski definition) is 0. The molecule has 0 radical (unpaired) electrons. The topological polar surface area (TPSA) is 41.4 Å². The van der Waals surface area contributed by atoms with Crippen molar-refractivity contribution in [2.75, 3.05) is 31.1 Å². The molecule has 1 aliphatic heterocycles. The van der Waals surface area contributed by atoms with Gasteiger partial charge >= 0.3 is 0 Å². The summed E-state index contributed by atoms with van der Waals surface area (Å²) in [5, 5.41) is 3.66. The van der Waals surface area contributed by atoms with Gasteiger partial charge in [0.05, 0.1) is 11.4 Å². The van der Waals surface area contributed by atoms with Crippen molar-refractivity contribution < 1.29 is 4.79 Å². The number of para-hydroxylation sites is 1. The van der Waals surface area contributed by atoms with E-state index in [1.807, 2.05) is 63.5 Å². The standard InChI is InChI=1S/C25H23ClN4OS/c26-20-10-8-19(9-11-20)22-18-32-25(27-22)23-7-4-12-30(23)17-24(31)29-15-13-28(14-16-29)21-5-2-1-3-6-21/h1-12,18H,13-17H2. The second-order valence-electron chi connectivity index (χ2n) is 7.77. The zero-order chi connectivity index (χ0) is 21.9. The van der Waals surface area contributed by atoms with Gasteiger partial charge in [-0.25, -0.2) is 4.98 Å². The van der Waals surface area contributed by atoms with Crippen LogP contribution in [0, 0.1) is 0 Å². The van der Waals surface area contributed by atoms with Crippen LogP contribution in [0.2, 0.25) is 5.02 Å². The highest BCUT2D eigenvalue weighted by Crippen LogP contribution is 2.30. The molecule has 0 N–H and O–H groups in total. The van der Waals surface area contributed by atoms with Crippen LogP contribution in [-0.4, -0.2) is 46.5 Å². The quantitative estimate of drug-likeness (QED) is 0.405. The van der Waals surface area contributed by atoms with Crippen molar-refractivity contribution >= 4 is 34.5 Å². The van der Waals surface area contributed by atoms with Crippen LogP contribution in [0.15, 0.2) is 78.3 Å². The molecule has 2 aromatic carbocycles. The molecular formula is C25H23ClN4OS. The van der Waals surface area contributed by atoms with E-state index in [4.69, 9.17) is 16.6 Å². The van der Waals surface area contributed by atoms with E-state index in [1.54, 1.807) is 11.3 Å². The summed E-state index contributed by atoms with van der Waals surface area (Å²) >= 11 is 7.58. The normalized spacial score (nSPS) is 14.0. The van der Waals surface area contributed by atoms with Gasteiger partial charge in [0.15, 0.2) is 0 Å². The highest BCUT2D eigenvalue weighted by Gasteiger charge is 2.22. The number of carbonyl (C=O) groups is 1. The Hall–Kier alpha value is -3.09. The molecule has 2 aromatic heterocycles. The molecule has 0 saturated carbocycles. The minimum Gasteiger partial charge on any atom is -0.368 e. The van der Waals surface area contributed by atoms with Crippen LogP contribution in [0.1, 0.15) is 0 Å². The Morgan fingerprint density at radius 2 is 1.69 bits per heavy atom. The van der Waals surface area contributed by atoms with Crippen LogP contribution in [0.4, 0.5) is 5.69 Å². The highest BCUT2D eigenvalue weighted by atomic mass is 35.5. The van der Waals surface area contributed by atoms with Gasteiger partial charge in [-0.3, -0.25) is 4.79 Å². The fourth-order valence-electron chi connectivity index (χ4n) is 3.99. The van der Waals surface area contributed by atoms with Gasteiger partial charge in [-0.1, -0.05) is 41.9 Å². The van der Waals surface area contributed by atoms with Crippen molar-refractivity contribution in [3.8, 4) is 22.0 Å². The third-order valence-corrected chi connectivity index (χ3v) is 6.87. The number of carbonyl (C=O) groups excluding carboxylic acids is 1. The summed E-state index contributed by atoms with van der Waals surface area (Å²) in [4.78, 5) is 22.1. The van der Waals surface area contributed by atoms with Crippen molar-refractivity contribution in [3.05, 3.63) is 83.3 Å². The van der Waals surface area contributed by atoms with Crippen LogP contribution in [-0.2, 0) is 11.3 Å². The van der Waals surface area contributed by atoms with Crippen LogP contribution >= 0.6 is 22.9 Å². The minimum atomic E-state index is 0.143. The maximum atomic E-state index is 13.0. The number of nitrogens with zero attached hydrogens (tertiary/aromatic N) is 4. The molecule has 5 nitrogen and oxygen atoms in total. The number of piperazine rings is 1. The first-order chi connectivity index (χ1) is 15.7. The monoisotopic (exact) mass is 462 g/mol. The zero-order valence-corrected chi connectivity index (χ0v) is 19.1. The van der Waals surface area contributed by atoms with Gasteiger partial charge in [-0.2, -0.15) is 0 Å². The van der Waals surface area contributed by atoms with Crippen LogP contribution < -0.4 is 4.90 Å². The molecule has 1 fully saturated rings. The molecule has 0 spiro atoms. The Morgan fingerprint density at radius 3 is 2.44 bits per heavy atom. The first-order valence-electron chi connectivity index (χ1n) is 10.6. The zero-order valence-electron chi connectivity index (χ0n) is 17.5. The summed E-state index contributed by atoms with van der Waals surface area (Å²) in [5.41, 5.74) is 4.12. The van der Waals surface area contributed by atoms with Gasteiger partial charge in [0.2, 0.25) is 5.91 Å². The molecule has 3 heterocycles. The van der Waals surface area contributed by atoms with E-state index >= 15 is 0 Å². The number of hydrogen-bond acceptors (Lipinski definition) is 4. The fraction of sp³-hybridized carbons (Fsp3) is 0.200. The number of benzene rings is 2. The third-order valence-electron chi connectivity index (χ3n) is 5.75. The molecule has 1 saturated heterocycles. The fourth-order valence-corrected chi connectivity index (χ4v) is 4.98. The number of rotatable bonds is 5. The maximum absolute atomic E-state index is 13.0. The molecule has 1 amide bonds. The van der Waals surface area contributed by atoms with Gasteiger partial charge in [0.25, 0.3) is 0 Å². The maximum Gasteiger partial charge on any atom is 0.242 e. The molecule has 7 heteroatoms. The molecule has 0 atom stereocenters. The lowest BCUT2D eigenvalue weighted by atomic mass is 10.2. The van der Waals surface area contributed by atoms with E-state index < -0.39 is 0 Å². The van der Waals surface area contributed by atoms with Crippen LogP contribution in [0.25, 0.3) is 22.0 Å². The van der Waals surface area contributed by atoms with Crippen molar-refractivity contribution in [3.63, 3.8) is 0 Å². The van der Waals surface area contributed by atoms with E-state index in [9.17, 15) is 4.79 Å².